The highest BCUT2D eigenvalue weighted by molar-refractivity contribution is 7.88. The van der Waals surface area contributed by atoms with Gasteiger partial charge in [-0.25, -0.2) is 17.7 Å². The molecule has 0 spiro atoms. The van der Waals surface area contributed by atoms with Crippen LogP contribution in [0.1, 0.15) is 29.5 Å². The molecular formula is C16H23ClN4O4S. The summed E-state index contributed by atoms with van der Waals surface area (Å²) in [5.41, 5.74) is 1.63. The lowest BCUT2D eigenvalue weighted by Crippen LogP contribution is -2.38. The summed E-state index contributed by atoms with van der Waals surface area (Å²) in [5.74, 6) is 0.357. The number of imidazole rings is 1. The number of amides is 1. The zero-order valence-corrected chi connectivity index (χ0v) is 16.6. The summed E-state index contributed by atoms with van der Waals surface area (Å²) >= 11 is 0. The van der Waals surface area contributed by atoms with Crippen molar-refractivity contribution in [1.29, 1.82) is 0 Å². The van der Waals surface area contributed by atoms with Crippen molar-refractivity contribution in [2.75, 3.05) is 26.0 Å². The van der Waals surface area contributed by atoms with Crippen molar-refractivity contribution in [1.82, 2.24) is 19.0 Å². The van der Waals surface area contributed by atoms with Gasteiger partial charge in [0.15, 0.2) is 11.4 Å². The predicted octanol–water partition coefficient (Wildman–Crippen LogP) is 1.23. The Morgan fingerprint density at radius 2 is 2.19 bits per heavy atom. The van der Waals surface area contributed by atoms with E-state index in [2.05, 4.69) is 10.3 Å². The van der Waals surface area contributed by atoms with Crippen LogP contribution < -0.4 is 10.1 Å². The van der Waals surface area contributed by atoms with E-state index in [1.807, 2.05) is 13.0 Å². The highest BCUT2D eigenvalue weighted by atomic mass is 35.5. The molecule has 2 aromatic rings. The Bertz CT molecular complexity index is 912. The summed E-state index contributed by atoms with van der Waals surface area (Å²) in [6.45, 7) is 4.89. The van der Waals surface area contributed by atoms with Crippen molar-refractivity contribution >= 4 is 34.0 Å². The van der Waals surface area contributed by atoms with Gasteiger partial charge in [-0.05, 0) is 32.4 Å². The average molecular weight is 403 g/mol. The molecule has 0 bridgehead atoms. The van der Waals surface area contributed by atoms with Gasteiger partial charge in [0.05, 0.1) is 18.6 Å². The third kappa shape index (κ3) is 3.94. The number of halogens is 1. The second-order valence-electron chi connectivity index (χ2n) is 6.12. The zero-order chi connectivity index (χ0) is 18.2. The fraction of sp³-hybridized carbons (Fsp3) is 0.500. The van der Waals surface area contributed by atoms with Crippen LogP contribution in [0.3, 0.4) is 0 Å². The molecule has 1 saturated heterocycles. The second kappa shape index (κ2) is 7.81. The van der Waals surface area contributed by atoms with Crippen molar-refractivity contribution in [2.24, 2.45) is 0 Å². The van der Waals surface area contributed by atoms with Crippen molar-refractivity contribution in [3.05, 3.63) is 29.7 Å². The SMILES string of the molecule is CCOc1cccn2c(C(=O)N[C@H]3CCN(S(C)(=O)=O)C3)c(C)nc12.Cl. The number of hydrogen-bond acceptors (Lipinski definition) is 5. The smallest absolute Gasteiger partial charge is 0.270 e. The van der Waals surface area contributed by atoms with E-state index in [0.29, 0.717) is 48.9 Å². The quantitative estimate of drug-likeness (QED) is 0.811. The van der Waals surface area contributed by atoms with Gasteiger partial charge in [0.25, 0.3) is 5.91 Å². The van der Waals surface area contributed by atoms with E-state index in [1.54, 1.807) is 23.6 Å². The van der Waals surface area contributed by atoms with Crippen molar-refractivity contribution < 1.29 is 17.9 Å². The number of hydrogen-bond donors (Lipinski definition) is 1. The number of nitrogens with zero attached hydrogens (tertiary/aromatic N) is 3. The number of aromatic nitrogens is 2. The van der Waals surface area contributed by atoms with Gasteiger partial charge in [0.2, 0.25) is 10.0 Å². The average Bonchev–Trinajstić information content (AvgIpc) is 3.11. The van der Waals surface area contributed by atoms with Crippen LogP contribution in [-0.2, 0) is 10.0 Å². The van der Waals surface area contributed by atoms with Gasteiger partial charge in [-0.2, -0.15) is 0 Å². The molecule has 3 rings (SSSR count). The van der Waals surface area contributed by atoms with Crippen molar-refractivity contribution in [3.63, 3.8) is 0 Å². The molecule has 144 valence electrons. The molecule has 1 atom stereocenters. The first-order valence-corrected chi connectivity index (χ1v) is 10.0. The maximum atomic E-state index is 12.7. The molecule has 2 aromatic heterocycles. The molecule has 1 N–H and O–H groups in total. The Morgan fingerprint density at radius 1 is 1.46 bits per heavy atom. The number of aryl methyl sites for hydroxylation is 1. The van der Waals surface area contributed by atoms with Gasteiger partial charge in [-0.3, -0.25) is 9.20 Å². The Hall–Kier alpha value is -1.84. The highest BCUT2D eigenvalue weighted by Gasteiger charge is 2.30. The van der Waals surface area contributed by atoms with Crippen molar-refractivity contribution in [2.45, 2.75) is 26.3 Å². The van der Waals surface area contributed by atoms with E-state index >= 15 is 0 Å². The third-order valence-electron chi connectivity index (χ3n) is 4.26. The lowest BCUT2D eigenvalue weighted by atomic mass is 10.2. The molecule has 0 unspecified atom stereocenters. The van der Waals surface area contributed by atoms with Crippen LogP contribution in [0.5, 0.6) is 5.75 Å². The molecule has 0 aliphatic carbocycles. The summed E-state index contributed by atoms with van der Waals surface area (Å²) < 4.78 is 31.9. The molecule has 0 radical (unpaired) electrons. The Kier molecular flexibility index (Phi) is 6.15. The maximum absolute atomic E-state index is 12.7. The number of pyridine rings is 1. The van der Waals surface area contributed by atoms with Crippen molar-refractivity contribution in [3.8, 4) is 5.75 Å². The Balaban J connectivity index is 0.00000243. The van der Waals surface area contributed by atoms with Gasteiger partial charge in [0, 0.05) is 25.3 Å². The molecule has 26 heavy (non-hydrogen) atoms. The molecule has 0 saturated carbocycles. The minimum absolute atomic E-state index is 0. The number of nitrogens with one attached hydrogen (secondary N) is 1. The first-order chi connectivity index (χ1) is 11.8. The fourth-order valence-electron chi connectivity index (χ4n) is 3.10. The summed E-state index contributed by atoms with van der Waals surface area (Å²) in [6, 6.07) is 3.41. The topological polar surface area (TPSA) is 93.0 Å². The van der Waals surface area contributed by atoms with E-state index in [9.17, 15) is 13.2 Å². The number of carbonyl (C=O) groups is 1. The molecule has 1 fully saturated rings. The minimum atomic E-state index is -3.23. The number of fused-ring (bicyclic) bond motifs is 1. The predicted molar refractivity (Wildman–Crippen MR) is 101 cm³/mol. The van der Waals surface area contributed by atoms with E-state index in [-0.39, 0.29) is 24.4 Å². The normalized spacial score (nSPS) is 17.9. The largest absolute Gasteiger partial charge is 0.490 e. The standard InChI is InChI=1S/C16H22N4O4S.ClH/c1-4-24-13-6-5-8-20-14(11(2)17-15(13)20)16(21)18-12-7-9-19(10-12)25(3,22)23;/h5-6,8,12H,4,7,9-10H2,1-3H3,(H,18,21);1H/t12-;/m0./s1. The lowest BCUT2D eigenvalue weighted by molar-refractivity contribution is 0.0932. The van der Waals surface area contributed by atoms with Crippen LogP contribution in [0.2, 0.25) is 0 Å². The van der Waals surface area contributed by atoms with Crippen LogP contribution >= 0.6 is 12.4 Å². The van der Waals surface area contributed by atoms with Crippen LogP contribution in [0, 0.1) is 6.92 Å². The number of sulfonamides is 1. The van der Waals surface area contributed by atoms with Crippen LogP contribution in [0.4, 0.5) is 0 Å². The van der Waals surface area contributed by atoms with Gasteiger partial charge in [0.1, 0.15) is 5.69 Å². The van der Waals surface area contributed by atoms with Gasteiger partial charge >= 0.3 is 0 Å². The minimum Gasteiger partial charge on any atom is -0.490 e. The summed E-state index contributed by atoms with van der Waals surface area (Å²) in [4.78, 5) is 17.2. The summed E-state index contributed by atoms with van der Waals surface area (Å²) in [6.07, 6.45) is 3.55. The monoisotopic (exact) mass is 402 g/mol. The summed E-state index contributed by atoms with van der Waals surface area (Å²) in [7, 11) is -3.23. The lowest BCUT2D eigenvalue weighted by Gasteiger charge is -2.15. The van der Waals surface area contributed by atoms with E-state index in [4.69, 9.17) is 4.74 Å². The number of rotatable bonds is 5. The third-order valence-corrected chi connectivity index (χ3v) is 5.53. The van der Waals surface area contributed by atoms with E-state index in [1.165, 1.54) is 10.6 Å². The molecule has 10 heteroatoms. The van der Waals surface area contributed by atoms with Gasteiger partial charge in [-0.1, -0.05) is 0 Å². The molecule has 3 heterocycles. The molecule has 8 nitrogen and oxygen atoms in total. The molecular weight excluding hydrogens is 380 g/mol. The second-order valence-corrected chi connectivity index (χ2v) is 8.11. The van der Waals surface area contributed by atoms with Gasteiger partial charge < -0.3 is 10.1 Å². The highest BCUT2D eigenvalue weighted by Crippen LogP contribution is 2.22. The van der Waals surface area contributed by atoms with E-state index < -0.39 is 10.0 Å². The van der Waals surface area contributed by atoms with Crippen LogP contribution in [0.25, 0.3) is 5.65 Å². The fourth-order valence-corrected chi connectivity index (χ4v) is 3.99. The maximum Gasteiger partial charge on any atom is 0.270 e. The van der Waals surface area contributed by atoms with Gasteiger partial charge in [-0.15, -0.1) is 12.4 Å². The molecule has 1 aliphatic rings. The Labute approximate surface area is 159 Å². The first kappa shape index (κ1) is 20.5. The van der Waals surface area contributed by atoms with Crippen LogP contribution in [0.15, 0.2) is 18.3 Å². The van der Waals surface area contributed by atoms with Crippen LogP contribution in [-0.4, -0.2) is 60.0 Å². The number of carbonyl (C=O) groups excluding carboxylic acids is 1. The Morgan fingerprint density at radius 3 is 2.81 bits per heavy atom. The first-order valence-electron chi connectivity index (χ1n) is 8.17. The van der Waals surface area contributed by atoms with E-state index in [0.717, 1.165) is 0 Å². The zero-order valence-electron chi connectivity index (χ0n) is 14.9. The summed E-state index contributed by atoms with van der Waals surface area (Å²) in [5, 5.41) is 2.92. The number of ether oxygens (including phenoxy) is 1. The molecule has 1 amide bonds. The molecule has 1 aliphatic heterocycles. The molecule has 0 aromatic carbocycles.